The van der Waals surface area contributed by atoms with Gasteiger partial charge in [-0.3, -0.25) is 0 Å². The van der Waals surface area contributed by atoms with Crippen LogP contribution in [-0.4, -0.2) is 29.3 Å². The second kappa shape index (κ2) is 5.42. The lowest BCUT2D eigenvalue weighted by Gasteiger charge is -2.15. The van der Waals surface area contributed by atoms with Crippen LogP contribution in [0.15, 0.2) is 0 Å². The van der Waals surface area contributed by atoms with Crippen molar-refractivity contribution in [3.05, 3.63) is 16.8 Å². The van der Waals surface area contributed by atoms with E-state index < -0.39 is 0 Å². The average molecular weight is 219 g/mol. The van der Waals surface area contributed by atoms with E-state index in [1.165, 1.54) is 0 Å². The first-order valence-electron chi connectivity index (χ1n) is 5.36. The molecule has 0 amide bonds. The van der Waals surface area contributed by atoms with Crippen LogP contribution in [0.5, 0.6) is 0 Å². The molecule has 0 fully saturated rings. The quantitative estimate of drug-likeness (QED) is 0.775. The van der Waals surface area contributed by atoms with Crippen molar-refractivity contribution >= 4 is 5.82 Å². The summed E-state index contributed by atoms with van der Waals surface area (Å²) in [5.74, 6) is 0.529. The number of nitrogens with zero attached hydrogens (tertiary/aromatic N) is 4. The first kappa shape index (κ1) is 12.4. The van der Waals surface area contributed by atoms with Crippen LogP contribution in [0, 0.1) is 11.3 Å². The van der Waals surface area contributed by atoms with Gasteiger partial charge in [0, 0.05) is 14.1 Å². The van der Waals surface area contributed by atoms with Gasteiger partial charge in [-0.2, -0.15) is 10.4 Å². The number of hydrazine groups is 1. The van der Waals surface area contributed by atoms with Crippen molar-refractivity contribution in [2.24, 2.45) is 0 Å². The van der Waals surface area contributed by atoms with E-state index in [1.807, 2.05) is 27.9 Å². The number of aromatic nitrogens is 2. The van der Waals surface area contributed by atoms with E-state index in [9.17, 15) is 5.26 Å². The van der Waals surface area contributed by atoms with E-state index in [0.717, 1.165) is 24.1 Å². The molecule has 1 N–H and O–H groups in total. The van der Waals surface area contributed by atoms with Gasteiger partial charge in [-0.25, -0.2) is 5.01 Å². The van der Waals surface area contributed by atoms with Gasteiger partial charge in [0.25, 0.3) is 0 Å². The molecule has 0 aliphatic rings. The van der Waals surface area contributed by atoms with E-state index in [2.05, 4.69) is 21.7 Å². The largest absolute Gasteiger partial charge is 0.301 e. The first-order chi connectivity index (χ1) is 7.63. The molecule has 5 nitrogen and oxygen atoms in total. The fourth-order valence-electron chi connectivity index (χ4n) is 1.58. The highest BCUT2D eigenvalue weighted by atomic mass is 15.5. The summed E-state index contributed by atoms with van der Waals surface area (Å²) >= 11 is 0. The van der Waals surface area contributed by atoms with Gasteiger partial charge >= 0.3 is 0 Å². The topological polar surface area (TPSA) is 64.8 Å². The van der Waals surface area contributed by atoms with Gasteiger partial charge in [0.1, 0.15) is 11.6 Å². The molecule has 0 spiro atoms. The Kier molecular flexibility index (Phi) is 4.20. The molecule has 16 heavy (non-hydrogen) atoms. The lowest BCUT2D eigenvalue weighted by molar-refractivity contribution is 0.490. The molecule has 1 aromatic rings. The van der Waals surface area contributed by atoms with Crippen LogP contribution < -0.4 is 5.43 Å². The molecule has 0 saturated heterocycles. The van der Waals surface area contributed by atoms with Gasteiger partial charge in [0.15, 0.2) is 5.82 Å². The van der Waals surface area contributed by atoms with Gasteiger partial charge in [-0.05, 0) is 18.4 Å². The van der Waals surface area contributed by atoms with Gasteiger partial charge in [0.05, 0.1) is 5.69 Å². The Labute approximate surface area is 96.1 Å². The van der Waals surface area contributed by atoms with Crippen LogP contribution in [0.3, 0.4) is 0 Å². The summed E-state index contributed by atoms with van der Waals surface area (Å²) < 4.78 is 0. The zero-order chi connectivity index (χ0) is 12.1. The van der Waals surface area contributed by atoms with E-state index >= 15 is 0 Å². The molecule has 0 bridgehead atoms. The van der Waals surface area contributed by atoms with Gasteiger partial charge in [-0.1, -0.05) is 13.8 Å². The molecule has 86 valence electrons. The predicted octanol–water partition coefficient (Wildman–Crippen LogP) is 1.36. The normalized spacial score (nSPS) is 10.2. The Hall–Kier alpha value is -1.67. The molecule has 1 rings (SSSR count). The predicted molar refractivity (Wildman–Crippen MR) is 62.8 cm³/mol. The summed E-state index contributed by atoms with van der Waals surface area (Å²) in [5, 5.41) is 19.1. The Morgan fingerprint density at radius 3 is 2.38 bits per heavy atom. The Morgan fingerprint density at radius 1 is 1.25 bits per heavy atom. The third-order valence-electron chi connectivity index (χ3n) is 2.29. The number of hydrogen-bond donors (Lipinski definition) is 1. The summed E-state index contributed by atoms with van der Waals surface area (Å²) in [5.41, 5.74) is 5.48. The molecule has 0 aliphatic carbocycles. The molecule has 0 radical (unpaired) electrons. The van der Waals surface area contributed by atoms with Crippen molar-refractivity contribution in [3.8, 4) is 6.07 Å². The van der Waals surface area contributed by atoms with Gasteiger partial charge in [0.2, 0.25) is 0 Å². The van der Waals surface area contributed by atoms with Crippen LogP contribution >= 0.6 is 0 Å². The molecular weight excluding hydrogens is 202 g/mol. The number of aryl methyl sites for hydroxylation is 1. The van der Waals surface area contributed by atoms with Crippen molar-refractivity contribution in [3.63, 3.8) is 0 Å². The van der Waals surface area contributed by atoms with Crippen molar-refractivity contribution < 1.29 is 0 Å². The van der Waals surface area contributed by atoms with Gasteiger partial charge in [-0.15, -0.1) is 5.10 Å². The average Bonchev–Trinajstić information content (AvgIpc) is 2.27. The SMILES string of the molecule is CCc1nnc(NN(C)C)c(C#N)c1CC. The van der Waals surface area contributed by atoms with Crippen LogP contribution in [-0.2, 0) is 12.8 Å². The molecule has 0 saturated carbocycles. The van der Waals surface area contributed by atoms with Crippen LogP contribution in [0.1, 0.15) is 30.7 Å². The monoisotopic (exact) mass is 219 g/mol. The fraction of sp³-hybridized carbons (Fsp3) is 0.545. The first-order valence-corrected chi connectivity index (χ1v) is 5.36. The molecule has 0 unspecified atom stereocenters. The molecule has 5 heteroatoms. The maximum Gasteiger partial charge on any atom is 0.181 e. The van der Waals surface area contributed by atoms with E-state index in [4.69, 9.17) is 0 Å². The number of hydrogen-bond acceptors (Lipinski definition) is 5. The summed E-state index contributed by atoms with van der Waals surface area (Å²) in [7, 11) is 3.70. The van der Waals surface area contributed by atoms with Crippen molar-refractivity contribution in [2.45, 2.75) is 26.7 Å². The Bertz CT molecular complexity index is 406. The highest BCUT2D eigenvalue weighted by Gasteiger charge is 2.14. The summed E-state index contributed by atoms with van der Waals surface area (Å²) in [6, 6.07) is 2.20. The maximum atomic E-state index is 9.19. The molecular formula is C11H17N5. The zero-order valence-corrected chi connectivity index (χ0v) is 10.2. The highest BCUT2D eigenvalue weighted by molar-refractivity contribution is 5.55. The fourth-order valence-corrected chi connectivity index (χ4v) is 1.58. The molecule has 0 aromatic carbocycles. The minimum Gasteiger partial charge on any atom is -0.301 e. The minimum atomic E-state index is 0.529. The summed E-state index contributed by atoms with van der Waals surface area (Å²) in [4.78, 5) is 0. The number of rotatable bonds is 4. The third kappa shape index (κ3) is 2.47. The zero-order valence-electron chi connectivity index (χ0n) is 10.2. The second-order valence-corrected chi connectivity index (χ2v) is 3.67. The number of nitriles is 1. The van der Waals surface area contributed by atoms with Crippen molar-refractivity contribution in [1.29, 1.82) is 5.26 Å². The van der Waals surface area contributed by atoms with Gasteiger partial charge < -0.3 is 5.43 Å². The number of nitrogens with one attached hydrogen (secondary N) is 1. The minimum absolute atomic E-state index is 0.529. The Balaban J connectivity index is 3.27. The smallest absolute Gasteiger partial charge is 0.181 e. The molecule has 1 heterocycles. The third-order valence-corrected chi connectivity index (χ3v) is 2.29. The highest BCUT2D eigenvalue weighted by Crippen LogP contribution is 2.19. The van der Waals surface area contributed by atoms with Crippen LogP contribution in [0.4, 0.5) is 5.82 Å². The summed E-state index contributed by atoms with van der Waals surface area (Å²) in [6.45, 7) is 4.04. The van der Waals surface area contributed by atoms with Crippen molar-refractivity contribution in [2.75, 3.05) is 19.5 Å². The lowest BCUT2D eigenvalue weighted by atomic mass is 10.0. The van der Waals surface area contributed by atoms with E-state index in [-0.39, 0.29) is 0 Å². The molecule has 1 aromatic heterocycles. The molecule has 0 atom stereocenters. The maximum absolute atomic E-state index is 9.19. The summed E-state index contributed by atoms with van der Waals surface area (Å²) in [6.07, 6.45) is 1.59. The Morgan fingerprint density at radius 2 is 1.94 bits per heavy atom. The lowest BCUT2D eigenvalue weighted by Crippen LogP contribution is -2.22. The van der Waals surface area contributed by atoms with Crippen molar-refractivity contribution in [1.82, 2.24) is 15.2 Å². The standard InChI is InChI=1S/C11H17N5/c1-5-8-9(7-12)11(15-16(3)4)14-13-10(8)6-2/h5-6H2,1-4H3,(H,14,15). The number of anilines is 1. The van der Waals surface area contributed by atoms with E-state index in [1.54, 1.807) is 5.01 Å². The second-order valence-electron chi connectivity index (χ2n) is 3.67. The van der Waals surface area contributed by atoms with Crippen LogP contribution in [0.2, 0.25) is 0 Å². The van der Waals surface area contributed by atoms with E-state index in [0.29, 0.717) is 11.4 Å². The van der Waals surface area contributed by atoms with Crippen LogP contribution in [0.25, 0.3) is 0 Å². The molecule has 0 aliphatic heterocycles.